The monoisotopic (exact) mass is 344 g/mol. The summed E-state index contributed by atoms with van der Waals surface area (Å²) in [6.07, 6.45) is -6.07. The topological polar surface area (TPSA) is 81.8 Å². The van der Waals surface area contributed by atoms with Gasteiger partial charge in [-0.25, -0.2) is 0 Å². The number of aliphatic hydroxyl groups excluding tert-OH is 1. The van der Waals surface area contributed by atoms with Gasteiger partial charge in [-0.2, -0.15) is 13.2 Å². The van der Waals surface area contributed by atoms with Crippen LogP contribution in [-0.2, 0) is 4.79 Å². The highest BCUT2D eigenvalue weighted by molar-refractivity contribution is 5.81. The maximum absolute atomic E-state index is 12.3. The number of nitrogens with zero attached hydrogens (tertiary/aromatic N) is 2. The van der Waals surface area contributed by atoms with E-state index < -0.39 is 24.2 Å². The van der Waals surface area contributed by atoms with Gasteiger partial charge < -0.3 is 16.2 Å². The Morgan fingerprint density at radius 1 is 1.38 bits per heavy atom. The summed E-state index contributed by atoms with van der Waals surface area (Å²) in [6.45, 7) is 1.37. The first-order valence-electron chi connectivity index (χ1n) is 7.25. The second kappa shape index (κ2) is 6.60. The van der Waals surface area contributed by atoms with Crippen LogP contribution in [0.25, 0.3) is 0 Å². The molecule has 0 fully saturated rings. The molecule has 1 aromatic rings. The largest absolute Gasteiger partial charge is 0.471 e. The Balaban J connectivity index is 2.13. The molecule has 1 heterocycles. The number of hydrazine groups is 1. The van der Waals surface area contributed by atoms with E-state index in [-0.39, 0.29) is 12.2 Å². The SMILES string of the molecule is CC(CNC(=O)C(F)(F)F)C1=C(N)C(O)N(c2ccccc2)N1C. The van der Waals surface area contributed by atoms with Crippen molar-refractivity contribution in [2.24, 2.45) is 11.7 Å². The number of hydrogen-bond donors (Lipinski definition) is 3. The van der Waals surface area contributed by atoms with E-state index in [4.69, 9.17) is 5.73 Å². The van der Waals surface area contributed by atoms with Gasteiger partial charge >= 0.3 is 12.1 Å². The molecule has 6 nitrogen and oxygen atoms in total. The zero-order valence-corrected chi connectivity index (χ0v) is 13.2. The van der Waals surface area contributed by atoms with Crippen LogP contribution >= 0.6 is 0 Å². The summed E-state index contributed by atoms with van der Waals surface area (Å²) < 4.78 is 36.8. The molecule has 9 heteroatoms. The number of anilines is 1. The number of rotatable bonds is 4. The zero-order valence-electron chi connectivity index (χ0n) is 13.2. The Hall–Kier alpha value is -2.42. The van der Waals surface area contributed by atoms with Gasteiger partial charge in [0.1, 0.15) is 0 Å². The van der Waals surface area contributed by atoms with Crippen molar-refractivity contribution in [2.45, 2.75) is 19.3 Å². The van der Waals surface area contributed by atoms with Crippen molar-refractivity contribution >= 4 is 11.6 Å². The molecule has 0 saturated heterocycles. The van der Waals surface area contributed by atoms with Crippen molar-refractivity contribution in [3.8, 4) is 0 Å². The van der Waals surface area contributed by atoms with Crippen molar-refractivity contribution in [2.75, 3.05) is 18.6 Å². The molecule has 2 rings (SSSR count). The average Bonchev–Trinajstić information content (AvgIpc) is 2.74. The molecule has 1 aromatic carbocycles. The van der Waals surface area contributed by atoms with E-state index >= 15 is 0 Å². The highest BCUT2D eigenvalue weighted by Crippen LogP contribution is 2.33. The summed E-state index contributed by atoms with van der Waals surface area (Å²) in [5.74, 6) is -2.53. The fraction of sp³-hybridized carbons (Fsp3) is 0.400. The zero-order chi connectivity index (χ0) is 18.1. The van der Waals surface area contributed by atoms with Crippen LogP contribution in [0, 0.1) is 5.92 Å². The lowest BCUT2D eigenvalue weighted by Gasteiger charge is -2.33. The van der Waals surface area contributed by atoms with Gasteiger partial charge in [0.25, 0.3) is 0 Å². The minimum absolute atomic E-state index is 0.134. The van der Waals surface area contributed by atoms with Crippen LogP contribution in [0.5, 0.6) is 0 Å². The molecular weight excluding hydrogens is 325 g/mol. The Bertz CT molecular complexity index is 633. The van der Waals surface area contributed by atoms with Crippen LogP contribution in [0.15, 0.2) is 41.7 Å². The summed E-state index contributed by atoms with van der Waals surface area (Å²) in [4.78, 5) is 10.9. The van der Waals surface area contributed by atoms with E-state index in [1.54, 1.807) is 43.2 Å². The number of nitrogens with one attached hydrogen (secondary N) is 1. The van der Waals surface area contributed by atoms with Crippen molar-refractivity contribution in [3.63, 3.8) is 0 Å². The van der Waals surface area contributed by atoms with Crippen LogP contribution in [0.4, 0.5) is 18.9 Å². The van der Waals surface area contributed by atoms with E-state index in [1.165, 1.54) is 5.01 Å². The molecule has 0 aliphatic carbocycles. The lowest BCUT2D eigenvalue weighted by molar-refractivity contribution is -0.173. The molecule has 0 bridgehead atoms. The van der Waals surface area contributed by atoms with Gasteiger partial charge in [-0.3, -0.25) is 14.8 Å². The van der Waals surface area contributed by atoms with Gasteiger partial charge in [-0.15, -0.1) is 0 Å². The highest BCUT2D eigenvalue weighted by atomic mass is 19.4. The number of carbonyl (C=O) groups excluding carboxylic acids is 1. The molecule has 0 aromatic heterocycles. The van der Waals surface area contributed by atoms with Crippen LogP contribution in [-0.4, -0.2) is 42.0 Å². The fourth-order valence-corrected chi connectivity index (χ4v) is 2.67. The summed E-state index contributed by atoms with van der Waals surface area (Å²) in [5.41, 5.74) is 7.21. The molecular formula is C15H19F3N4O2. The fourth-order valence-electron chi connectivity index (χ4n) is 2.67. The second-order valence-corrected chi connectivity index (χ2v) is 5.53. The quantitative estimate of drug-likeness (QED) is 0.764. The molecule has 1 amide bonds. The van der Waals surface area contributed by atoms with Gasteiger partial charge in [0, 0.05) is 19.5 Å². The Kier molecular flexibility index (Phi) is 4.93. The molecule has 24 heavy (non-hydrogen) atoms. The average molecular weight is 344 g/mol. The first-order chi connectivity index (χ1) is 11.1. The number of carbonyl (C=O) groups is 1. The predicted octanol–water partition coefficient (Wildman–Crippen LogP) is 1.16. The minimum atomic E-state index is -4.93. The Morgan fingerprint density at radius 3 is 2.50 bits per heavy atom. The minimum Gasteiger partial charge on any atom is -0.397 e. The van der Waals surface area contributed by atoms with Crippen LogP contribution in [0.3, 0.4) is 0 Å². The lowest BCUT2D eigenvalue weighted by Crippen LogP contribution is -2.43. The molecule has 4 N–H and O–H groups in total. The maximum Gasteiger partial charge on any atom is 0.471 e. The summed E-state index contributed by atoms with van der Waals surface area (Å²) in [7, 11) is 1.65. The van der Waals surface area contributed by atoms with Gasteiger partial charge in [0.15, 0.2) is 6.23 Å². The van der Waals surface area contributed by atoms with Crippen molar-refractivity contribution < 1.29 is 23.1 Å². The molecule has 2 atom stereocenters. The molecule has 2 unspecified atom stereocenters. The number of alkyl halides is 3. The number of aliphatic hydroxyl groups is 1. The third-order valence-electron chi connectivity index (χ3n) is 3.79. The van der Waals surface area contributed by atoms with Gasteiger partial charge in [0.2, 0.25) is 0 Å². The number of amides is 1. The molecule has 1 aliphatic rings. The smallest absolute Gasteiger partial charge is 0.397 e. The normalized spacial score (nSPS) is 19.7. The number of nitrogens with two attached hydrogens (primary N) is 1. The highest BCUT2D eigenvalue weighted by Gasteiger charge is 2.40. The third kappa shape index (κ3) is 3.40. The van der Waals surface area contributed by atoms with Crippen LogP contribution in [0.2, 0.25) is 0 Å². The van der Waals surface area contributed by atoms with Crippen molar-refractivity contribution in [3.05, 3.63) is 41.7 Å². The number of hydrogen-bond acceptors (Lipinski definition) is 5. The second-order valence-electron chi connectivity index (χ2n) is 5.53. The molecule has 0 saturated carbocycles. The van der Waals surface area contributed by atoms with Gasteiger partial charge in [-0.05, 0) is 12.1 Å². The predicted molar refractivity (Wildman–Crippen MR) is 82.1 cm³/mol. The molecule has 0 radical (unpaired) electrons. The first kappa shape index (κ1) is 17.9. The van der Waals surface area contributed by atoms with E-state index in [2.05, 4.69) is 0 Å². The standard InChI is InChI=1S/C15H19F3N4O2/c1-9(8-20-14(24)15(16,17)18)12-11(19)13(23)22(21(12)2)10-6-4-3-5-7-10/h3-7,9,13,23H,8,19H2,1-2H3,(H,20,24). The number of halogens is 3. The Morgan fingerprint density at radius 2 is 1.96 bits per heavy atom. The Labute approximate surface area is 137 Å². The van der Waals surface area contributed by atoms with E-state index in [0.717, 1.165) is 0 Å². The van der Waals surface area contributed by atoms with Gasteiger partial charge in [0.05, 0.1) is 17.1 Å². The third-order valence-corrected chi connectivity index (χ3v) is 3.79. The molecule has 1 aliphatic heterocycles. The van der Waals surface area contributed by atoms with Crippen molar-refractivity contribution in [1.29, 1.82) is 0 Å². The van der Waals surface area contributed by atoms with Gasteiger partial charge in [-0.1, -0.05) is 25.1 Å². The number of benzene rings is 1. The van der Waals surface area contributed by atoms with E-state index in [1.807, 2.05) is 11.4 Å². The van der Waals surface area contributed by atoms with E-state index in [0.29, 0.717) is 11.4 Å². The summed E-state index contributed by atoms with van der Waals surface area (Å²) >= 11 is 0. The van der Waals surface area contributed by atoms with Crippen molar-refractivity contribution in [1.82, 2.24) is 10.3 Å². The van der Waals surface area contributed by atoms with Crippen LogP contribution in [0.1, 0.15) is 6.92 Å². The lowest BCUT2D eigenvalue weighted by atomic mass is 10.1. The van der Waals surface area contributed by atoms with E-state index in [9.17, 15) is 23.1 Å². The molecule has 0 spiro atoms. The first-order valence-corrected chi connectivity index (χ1v) is 7.25. The summed E-state index contributed by atoms with van der Waals surface area (Å²) in [6, 6.07) is 8.94. The van der Waals surface area contributed by atoms with Crippen LogP contribution < -0.4 is 16.1 Å². The molecule has 132 valence electrons. The maximum atomic E-state index is 12.3. The number of para-hydroxylation sites is 1. The summed E-state index contributed by atoms with van der Waals surface area (Å²) in [5, 5.41) is 15.3.